The molecule has 3 aromatic carbocycles. The maximum absolute atomic E-state index is 12.7. The van der Waals surface area contributed by atoms with Gasteiger partial charge in [0.25, 0.3) is 11.6 Å². The van der Waals surface area contributed by atoms with Crippen molar-refractivity contribution in [3.8, 4) is 0 Å². The van der Waals surface area contributed by atoms with Crippen LogP contribution >= 0.6 is 11.8 Å². The molecule has 0 fully saturated rings. The van der Waals surface area contributed by atoms with Crippen molar-refractivity contribution in [1.82, 2.24) is 0 Å². The number of para-hydroxylation sites is 2. The van der Waals surface area contributed by atoms with Crippen LogP contribution in [-0.4, -0.2) is 10.8 Å². The molecule has 3 aromatic rings. The average Bonchev–Trinajstić information content (AvgIpc) is 2.64. The van der Waals surface area contributed by atoms with Gasteiger partial charge in [-0.25, -0.2) is 0 Å². The van der Waals surface area contributed by atoms with E-state index in [0.29, 0.717) is 16.9 Å². The molecule has 7 heteroatoms. The van der Waals surface area contributed by atoms with E-state index in [4.69, 9.17) is 5.73 Å². The number of benzene rings is 3. The van der Waals surface area contributed by atoms with Crippen LogP contribution in [0.2, 0.25) is 0 Å². The van der Waals surface area contributed by atoms with Gasteiger partial charge in [0.15, 0.2) is 0 Å². The molecule has 0 heterocycles. The molecule has 0 aliphatic rings. The Balaban J connectivity index is 1.82. The number of hydrogen-bond acceptors (Lipinski definition) is 5. The molecular weight excluding hydrogens is 350 g/mol. The third-order valence-corrected chi connectivity index (χ3v) is 4.70. The molecule has 0 atom stereocenters. The lowest BCUT2D eigenvalue weighted by Gasteiger charge is -2.11. The molecule has 0 spiro atoms. The highest BCUT2D eigenvalue weighted by atomic mass is 32.2. The summed E-state index contributed by atoms with van der Waals surface area (Å²) in [5.74, 6) is -0.270. The van der Waals surface area contributed by atoms with E-state index < -0.39 is 4.92 Å². The summed E-state index contributed by atoms with van der Waals surface area (Å²) < 4.78 is 0. The van der Waals surface area contributed by atoms with E-state index in [1.54, 1.807) is 48.5 Å². The first-order chi connectivity index (χ1) is 12.5. The summed E-state index contributed by atoms with van der Waals surface area (Å²) in [7, 11) is 0. The number of non-ortho nitro benzene ring substituents is 1. The van der Waals surface area contributed by atoms with E-state index in [2.05, 4.69) is 5.32 Å². The Morgan fingerprint density at radius 1 is 0.962 bits per heavy atom. The summed E-state index contributed by atoms with van der Waals surface area (Å²) in [5.41, 5.74) is 7.44. The fraction of sp³-hybridized carbons (Fsp3) is 0. The van der Waals surface area contributed by atoms with Gasteiger partial charge in [0, 0.05) is 21.9 Å². The van der Waals surface area contributed by atoms with E-state index >= 15 is 0 Å². The second-order valence-corrected chi connectivity index (χ2v) is 6.51. The average molecular weight is 365 g/mol. The number of nitro groups is 1. The lowest BCUT2D eigenvalue weighted by Crippen LogP contribution is -2.14. The number of nitro benzene ring substituents is 1. The van der Waals surface area contributed by atoms with Crippen LogP contribution in [0.5, 0.6) is 0 Å². The lowest BCUT2D eigenvalue weighted by atomic mass is 10.2. The molecule has 3 rings (SSSR count). The van der Waals surface area contributed by atoms with Gasteiger partial charge in [0.2, 0.25) is 0 Å². The number of nitrogen functional groups attached to an aromatic ring is 1. The van der Waals surface area contributed by atoms with Crippen LogP contribution in [0.4, 0.5) is 17.1 Å². The minimum Gasteiger partial charge on any atom is -0.397 e. The summed E-state index contributed by atoms with van der Waals surface area (Å²) in [6.07, 6.45) is 0. The van der Waals surface area contributed by atoms with Crippen molar-refractivity contribution < 1.29 is 9.72 Å². The Morgan fingerprint density at radius 2 is 1.62 bits per heavy atom. The predicted octanol–water partition coefficient (Wildman–Crippen LogP) is 4.58. The molecule has 1 amide bonds. The second kappa shape index (κ2) is 7.71. The molecule has 6 nitrogen and oxygen atoms in total. The van der Waals surface area contributed by atoms with Crippen molar-refractivity contribution in [3.63, 3.8) is 0 Å². The van der Waals surface area contributed by atoms with Crippen molar-refractivity contribution in [3.05, 3.63) is 88.5 Å². The van der Waals surface area contributed by atoms with Gasteiger partial charge in [-0.2, -0.15) is 0 Å². The molecule has 0 unspecified atom stereocenters. The van der Waals surface area contributed by atoms with Crippen LogP contribution in [0.3, 0.4) is 0 Å². The lowest BCUT2D eigenvalue weighted by molar-refractivity contribution is -0.384. The van der Waals surface area contributed by atoms with Gasteiger partial charge >= 0.3 is 0 Å². The first kappa shape index (κ1) is 17.5. The fourth-order valence-electron chi connectivity index (χ4n) is 2.31. The number of carbonyl (C=O) groups is 1. The molecule has 3 N–H and O–H groups in total. The Morgan fingerprint density at radius 3 is 2.31 bits per heavy atom. The minimum atomic E-state index is -0.444. The summed E-state index contributed by atoms with van der Waals surface area (Å²) >= 11 is 1.36. The Labute approximate surface area is 154 Å². The molecule has 0 aliphatic carbocycles. The van der Waals surface area contributed by atoms with E-state index in [0.717, 1.165) is 9.79 Å². The number of carbonyl (C=O) groups excluding carboxylic acids is 1. The zero-order valence-corrected chi connectivity index (χ0v) is 14.4. The highest BCUT2D eigenvalue weighted by molar-refractivity contribution is 7.99. The van der Waals surface area contributed by atoms with E-state index in [9.17, 15) is 14.9 Å². The number of nitrogens with one attached hydrogen (secondary N) is 1. The van der Waals surface area contributed by atoms with Gasteiger partial charge in [0.05, 0.1) is 21.9 Å². The summed E-state index contributed by atoms with van der Waals surface area (Å²) in [4.78, 5) is 24.5. The summed E-state index contributed by atoms with van der Waals surface area (Å²) in [6.45, 7) is 0. The monoisotopic (exact) mass is 365 g/mol. The molecular formula is C19H15N3O3S. The van der Waals surface area contributed by atoms with E-state index in [-0.39, 0.29) is 11.6 Å². The van der Waals surface area contributed by atoms with Crippen LogP contribution in [0.15, 0.2) is 82.6 Å². The van der Waals surface area contributed by atoms with Gasteiger partial charge < -0.3 is 11.1 Å². The predicted molar refractivity (Wildman–Crippen MR) is 102 cm³/mol. The van der Waals surface area contributed by atoms with Crippen molar-refractivity contribution in [2.75, 3.05) is 11.1 Å². The number of anilines is 2. The van der Waals surface area contributed by atoms with Gasteiger partial charge in [-0.1, -0.05) is 36.0 Å². The van der Waals surface area contributed by atoms with E-state index in [1.807, 2.05) is 12.1 Å². The normalized spacial score (nSPS) is 10.3. The molecule has 0 radical (unpaired) electrons. The van der Waals surface area contributed by atoms with Gasteiger partial charge in [-0.05, 0) is 36.4 Å². The van der Waals surface area contributed by atoms with Gasteiger partial charge in [-0.3, -0.25) is 14.9 Å². The van der Waals surface area contributed by atoms with Crippen LogP contribution < -0.4 is 11.1 Å². The zero-order valence-electron chi connectivity index (χ0n) is 13.6. The SMILES string of the molecule is Nc1ccccc1NC(=O)c1ccccc1Sc1ccc([N+](=O)[O-])cc1. The van der Waals surface area contributed by atoms with Gasteiger partial charge in [0.1, 0.15) is 0 Å². The molecule has 0 aromatic heterocycles. The van der Waals surface area contributed by atoms with Crippen LogP contribution in [0.25, 0.3) is 0 Å². The van der Waals surface area contributed by atoms with E-state index in [1.165, 1.54) is 23.9 Å². The van der Waals surface area contributed by atoms with Crippen molar-refractivity contribution >= 4 is 34.7 Å². The fourth-order valence-corrected chi connectivity index (χ4v) is 3.25. The molecule has 130 valence electrons. The smallest absolute Gasteiger partial charge is 0.269 e. The molecule has 0 bridgehead atoms. The quantitative estimate of drug-likeness (QED) is 0.392. The third-order valence-electron chi connectivity index (χ3n) is 3.62. The number of nitrogens with two attached hydrogens (primary N) is 1. The molecule has 0 saturated carbocycles. The van der Waals surface area contributed by atoms with Crippen LogP contribution in [0, 0.1) is 10.1 Å². The highest BCUT2D eigenvalue weighted by Crippen LogP contribution is 2.32. The largest absolute Gasteiger partial charge is 0.397 e. The number of nitrogens with zero attached hydrogens (tertiary/aromatic N) is 1. The number of amides is 1. The summed E-state index contributed by atoms with van der Waals surface area (Å²) in [5, 5.41) is 13.6. The topological polar surface area (TPSA) is 98.3 Å². The van der Waals surface area contributed by atoms with Gasteiger partial charge in [-0.15, -0.1) is 0 Å². The maximum atomic E-state index is 12.7. The summed E-state index contributed by atoms with van der Waals surface area (Å²) in [6, 6.07) is 20.4. The Bertz CT molecular complexity index is 958. The number of hydrogen-bond donors (Lipinski definition) is 2. The third kappa shape index (κ3) is 4.01. The first-order valence-electron chi connectivity index (χ1n) is 7.72. The molecule has 26 heavy (non-hydrogen) atoms. The second-order valence-electron chi connectivity index (χ2n) is 5.39. The molecule has 0 aliphatic heterocycles. The Hall–Kier alpha value is -3.32. The Kier molecular flexibility index (Phi) is 5.19. The minimum absolute atomic E-state index is 0.0277. The number of rotatable bonds is 5. The highest BCUT2D eigenvalue weighted by Gasteiger charge is 2.14. The van der Waals surface area contributed by atoms with Crippen LogP contribution in [-0.2, 0) is 0 Å². The van der Waals surface area contributed by atoms with Crippen molar-refractivity contribution in [2.24, 2.45) is 0 Å². The maximum Gasteiger partial charge on any atom is 0.269 e. The first-order valence-corrected chi connectivity index (χ1v) is 8.53. The van der Waals surface area contributed by atoms with Crippen LogP contribution in [0.1, 0.15) is 10.4 Å². The van der Waals surface area contributed by atoms with Crippen molar-refractivity contribution in [1.29, 1.82) is 0 Å². The standard InChI is InChI=1S/C19H15N3O3S/c20-16-6-2-3-7-17(16)21-19(23)15-5-1-4-8-18(15)26-14-11-9-13(10-12-14)22(24)25/h1-12H,20H2,(H,21,23). The molecule has 0 saturated heterocycles. The zero-order chi connectivity index (χ0) is 18.5. The van der Waals surface area contributed by atoms with Crippen molar-refractivity contribution in [2.45, 2.75) is 9.79 Å².